The van der Waals surface area contributed by atoms with Crippen LogP contribution < -0.4 is 4.90 Å². The molecule has 0 radical (unpaired) electrons. The largest absolute Gasteiger partial charge is 0.374 e. The van der Waals surface area contributed by atoms with Gasteiger partial charge < -0.3 is 4.90 Å². The van der Waals surface area contributed by atoms with Gasteiger partial charge in [0.25, 0.3) is 0 Å². The fourth-order valence-electron chi connectivity index (χ4n) is 2.77. The highest BCUT2D eigenvalue weighted by atomic mass is 15.1. The number of benzene rings is 1. The normalized spacial score (nSPS) is 14.3. The minimum Gasteiger partial charge on any atom is -0.374 e. The maximum absolute atomic E-state index is 4.49. The highest BCUT2D eigenvalue weighted by molar-refractivity contribution is 5.69. The molecule has 3 rings (SSSR count). The first-order valence-corrected chi connectivity index (χ1v) is 7.07. The molecule has 0 amide bonds. The van der Waals surface area contributed by atoms with Gasteiger partial charge in [0.1, 0.15) is 0 Å². The van der Waals surface area contributed by atoms with Crippen LogP contribution in [0.25, 0.3) is 11.1 Å². The summed E-state index contributed by atoms with van der Waals surface area (Å²) < 4.78 is 0. The van der Waals surface area contributed by atoms with Crippen LogP contribution in [0.4, 0.5) is 5.69 Å². The molecule has 2 heteroatoms. The number of pyridine rings is 1. The smallest absolute Gasteiger partial charge is 0.0401 e. The third-order valence-corrected chi connectivity index (χ3v) is 3.95. The highest BCUT2D eigenvalue weighted by Gasteiger charge is 2.14. The SMILES string of the molecule is CCc1ccc(-c2ccc3c(c2)CCCN3C)cn1. The van der Waals surface area contributed by atoms with Gasteiger partial charge in [0, 0.05) is 36.7 Å². The molecule has 0 N–H and O–H groups in total. The zero-order chi connectivity index (χ0) is 13.2. The average molecular weight is 252 g/mol. The number of nitrogens with zero attached hydrogens (tertiary/aromatic N) is 2. The number of rotatable bonds is 2. The molecule has 2 nitrogen and oxygen atoms in total. The molecule has 0 saturated carbocycles. The first kappa shape index (κ1) is 12.2. The molecule has 0 unspecified atom stereocenters. The molecule has 0 bridgehead atoms. The van der Waals surface area contributed by atoms with Crippen molar-refractivity contribution in [3.8, 4) is 11.1 Å². The van der Waals surface area contributed by atoms with E-state index in [0.717, 1.165) is 12.1 Å². The van der Waals surface area contributed by atoms with Crippen LogP contribution in [0.2, 0.25) is 0 Å². The monoisotopic (exact) mass is 252 g/mol. The Kier molecular flexibility index (Phi) is 3.24. The fourth-order valence-corrected chi connectivity index (χ4v) is 2.77. The Hall–Kier alpha value is -1.83. The minimum absolute atomic E-state index is 0.995. The van der Waals surface area contributed by atoms with Crippen molar-refractivity contribution in [2.45, 2.75) is 26.2 Å². The van der Waals surface area contributed by atoms with E-state index in [4.69, 9.17) is 0 Å². The maximum atomic E-state index is 4.49. The standard InChI is InChI=1S/C17H20N2/c1-3-16-8-6-15(12-18-16)13-7-9-17-14(11-13)5-4-10-19(17)2/h6-9,11-12H,3-5,10H2,1-2H3. The summed E-state index contributed by atoms with van der Waals surface area (Å²) in [5, 5.41) is 0. The van der Waals surface area contributed by atoms with Crippen LogP contribution in [-0.4, -0.2) is 18.6 Å². The number of aromatic nitrogens is 1. The molecule has 0 aliphatic carbocycles. The van der Waals surface area contributed by atoms with Gasteiger partial charge in [0.2, 0.25) is 0 Å². The molecule has 2 heterocycles. The van der Waals surface area contributed by atoms with Gasteiger partial charge in [-0.15, -0.1) is 0 Å². The van der Waals surface area contributed by atoms with Crippen molar-refractivity contribution < 1.29 is 0 Å². The molecular formula is C17H20N2. The van der Waals surface area contributed by atoms with E-state index in [0.29, 0.717) is 0 Å². The van der Waals surface area contributed by atoms with Crippen molar-refractivity contribution in [3.63, 3.8) is 0 Å². The van der Waals surface area contributed by atoms with Crippen molar-refractivity contribution in [2.24, 2.45) is 0 Å². The summed E-state index contributed by atoms with van der Waals surface area (Å²) in [7, 11) is 2.18. The van der Waals surface area contributed by atoms with E-state index < -0.39 is 0 Å². The highest BCUT2D eigenvalue weighted by Crippen LogP contribution is 2.30. The number of hydrogen-bond acceptors (Lipinski definition) is 2. The molecule has 0 spiro atoms. The molecule has 0 fully saturated rings. The summed E-state index contributed by atoms with van der Waals surface area (Å²) in [5.74, 6) is 0. The summed E-state index contributed by atoms with van der Waals surface area (Å²) in [6, 6.07) is 11.1. The van der Waals surface area contributed by atoms with Gasteiger partial charge in [-0.2, -0.15) is 0 Å². The zero-order valence-corrected chi connectivity index (χ0v) is 11.7. The lowest BCUT2D eigenvalue weighted by Gasteiger charge is -2.27. The Morgan fingerprint density at radius 2 is 2.00 bits per heavy atom. The first-order chi connectivity index (χ1) is 9.28. The quantitative estimate of drug-likeness (QED) is 0.810. The van der Waals surface area contributed by atoms with Gasteiger partial charge in [-0.05, 0) is 48.6 Å². The van der Waals surface area contributed by atoms with E-state index in [9.17, 15) is 0 Å². The molecule has 19 heavy (non-hydrogen) atoms. The minimum atomic E-state index is 0.995. The second-order valence-corrected chi connectivity index (χ2v) is 5.26. The molecule has 0 saturated heterocycles. The Bertz CT molecular complexity index is 572. The zero-order valence-electron chi connectivity index (χ0n) is 11.7. The molecule has 0 atom stereocenters. The molecule has 1 aromatic heterocycles. The lowest BCUT2D eigenvalue weighted by Crippen LogP contribution is -2.24. The maximum Gasteiger partial charge on any atom is 0.0401 e. The van der Waals surface area contributed by atoms with E-state index >= 15 is 0 Å². The molecule has 98 valence electrons. The van der Waals surface area contributed by atoms with Crippen LogP contribution in [0, 0.1) is 0 Å². The van der Waals surface area contributed by atoms with Crippen LogP contribution in [0.1, 0.15) is 24.6 Å². The Balaban J connectivity index is 1.96. The van der Waals surface area contributed by atoms with Crippen molar-refractivity contribution in [3.05, 3.63) is 47.8 Å². The van der Waals surface area contributed by atoms with Gasteiger partial charge >= 0.3 is 0 Å². The Morgan fingerprint density at radius 1 is 1.16 bits per heavy atom. The second kappa shape index (κ2) is 5.04. The third kappa shape index (κ3) is 2.35. The summed E-state index contributed by atoms with van der Waals surface area (Å²) in [6.45, 7) is 3.30. The number of aryl methyl sites for hydroxylation is 2. The Morgan fingerprint density at radius 3 is 2.74 bits per heavy atom. The topological polar surface area (TPSA) is 16.1 Å². The second-order valence-electron chi connectivity index (χ2n) is 5.26. The van der Waals surface area contributed by atoms with Gasteiger partial charge in [0.05, 0.1) is 0 Å². The van der Waals surface area contributed by atoms with Crippen molar-refractivity contribution in [2.75, 3.05) is 18.5 Å². The van der Waals surface area contributed by atoms with E-state index in [2.05, 4.69) is 54.2 Å². The lowest BCUT2D eigenvalue weighted by atomic mass is 9.97. The predicted molar refractivity (Wildman–Crippen MR) is 80.6 cm³/mol. The van der Waals surface area contributed by atoms with Gasteiger partial charge in [0.15, 0.2) is 0 Å². The number of hydrogen-bond donors (Lipinski definition) is 0. The predicted octanol–water partition coefficient (Wildman–Crippen LogP) is 3.69. The van der Waals surface area contributed by atoms with E-state index in [1.54, 1.807) is 0 Å². The summed E-state index contributed by atoms with van der Waals surface area (Å²) in [4.78, 5) is 6.84. The lowest BCUT2D eigenvalue weighted by molar-refractivity contribution is 0.745. The van der Waals surface area contributed by atoms with Gasteiger partial charge in [-0.3, -0.25) is 4.98 Å². The van der Waals surface area contributed by atoms with Crippen molar-refractivity contribution in [1.29, 1.82) is 0 Å². The van der Waals surface area contributed by atoms with Crippen LogP contribution in [-0.2, 0) is 12.8 Å². The molecule has 2 aromatic rings. The van der Waals surface area contributed by atoms with Gasteiger partial charge in [-0.1, -0.05) is 19.1 Å². The fraction of sp³-hybridized carbons (Fsp3) is 0.353. The van der Waals surface area contributed by atoms with Crippen LogP contribution in [0.5, 0.6) is 0 Å². The Labute approximate surface area is 115 Å². The van der Waals surface area contributed by atoms with Crippen LogP contribution in [0.15, 0.2) is 36.5 Å². The average Bonchev–Trinajstić information content (AvgIpc) is 2.47. The molecule has 1 aromatic carbocycles. The summed E-state index contributed by atoms with van der Waals surface area (Å²) in [5.41, 5.74) is 6.50. The van der Waals surface area contributed by atoms with E-state index in [1.165, 1.54) is 41.8 Å². The van der Waals surface area contributed by atoms with Crippen LogP contribution in [0.3, 0.4) is 0 Å². The van der Waals surface area contributed by atoms with Gasteiger partial charge in [-0.25, -0.2) is 0 Å². The third-order valence-electron chi connectivity index (χ3n) is 3.95. The number of fused-ring (bicyclic) bond motifs is 1. The molecule has 1 aliphatic rings. The number of anilines is 1. The summed E-state index contributed by atoms with van der Waals surface area (Å²) >= 11 is 0. The summed E-state index contributed by atoms with van der Waals surface area (Å²) in [6.07, 6.45) is 5.43. The molecule has 1 aliphatic heterocycles. The van der Waals surface area contributed by atoms with E-state index in [1.807, 2.05) is 6.20 Å². The first-order valence-electron chi connectivity index (χ1n) is 7.07. The van der Waals surface area contributed by atoms with Crippen molar-refractivity contribution >= 4 is 5.69 Å². The van der Waals surface area contributed by atoms with E-state index in [-0.39, 0.29) is 0 Å². The van der Waals surface area contributed by atoms with Crippen LogP contribution >= 0.6 is 0 Å². The molecular weight excluding hydrogens is 232 g/mol. The van der Waals surface area contributed by atoms with Crippen molar-refractivity contribution in [1.82, 2.24) is 4.98 Å².